The van der Waals surface area contributed by atoms with Crippen molar-refractivity contribution in [1.29, 1.82) is 5.26 Å². The van der Waals surface area contributed by atoms with Gasteiger partial charge in [0.15, 0.2) is 0 Å². The predicted octanol–water partition coefficient (Wildman–Crippen LogP) is 2.96. The lowest BCUT2D eigenvalue weighted by atomic mass is 9.79. The lowest BCUT2D eigenvalue weighted by Gasteiger charge is -2.45. The van der Waals surface area contributed by atoms with Gasteiger partial charge >= 0.3 is 0 Å². The number of piperidine rings is 1. The van der Waals surface area contributed by atoms with Crippen molar-refractivity contribution in [3.05, 3.63) is 23.4 Å². The quantitative estimate of drug-likeness (QED) is 0.498. The zero-order valence-corrected chi connectivity index (χ0v) is 18.1. The molecular weight excluding hydrogens is 346 g/mol. The monoisotopic (exact) mass is 383 g/mol. The minimum Gasteiger partial charge on any atom is -0.347 e. The number of allylic oxidation sites excluding steroid dienone is 4. The van der Waals surface area contributed by atoms with E-state index >= 15 is 0 Å². The van der Waals surface area contributed by atoms with Crippen LogP contribution in [0.25, 0.3) is 0 Å². The van der Waals surface area contributed by atoms with Gasteiger partial charge in [-0.3, -0.25) is 4.90 Å². The summed E-state index contributed by atoms with van der Waals surface area (Å²) in [6.45, 7) is 9.64. The molecule has 0 aromatic carbocycles. The topological polar surface area (TPSA) is 68.3 Å². The summed E-state index contributed by atoms with van der Waals surface area (Å²) in [4.78, 5) is 4.93. The Bertz CT molecular complexity index is 728. The van der Waals surface area contributed by atoms with Crippen LogP contribution in [-0.2, 0) is 0 Å². The van der Waals surface area contributed by atoms with Gasteiger partial charge in [0.05, 0.1) is 6.17 Å². The molecule has 28 heavy (non-hydrogen) atoms. The van der Waals surface area contributed by atoms with Crippen molar-refractivity contribution in [2.75, 3.05) is 26.7 Å². The van der Waals surface area contributed by atoms with Crippen LogP contribution in [0.3, 0.4) is 0 Å². The van der Waals surface area contributed by atoms with Crippen molar-refractivity contribution in [3.63, 3.8) is 0 Å². The maximum absolute atomic E-state index is 10.0. The van der Waals surface area contributed by atoms with Gasteiger partial charge in [0.1, 0.15) is 11.8 Å². The molecule has 1 aliphatic heterocycles. The second-order valence-electron chi connectivity index (χ2n) is 9.89. The van der Waals surface area contributed by atoms with Crippen LogP contribution in [0.5, 0.6) is 0 Å². The molecule has 3 saturated carbocycles. The molecule has 3 aliphatic carbocycles. The van der Waals surface area contributed by atoms with Crippen molar-refractivity contribution in [2.24, 2.45) is 16.6 Å². The first-order valence-electron chi connectivity index (χ1n) is 11.1. The van der Waals surface area contributed by atoms with Crippen molar-refractivity contribution in [2.45, 2.75) is 77.0 Å². The van der Waals surface area contributed by atoms with Crippen LogP contribution in [0.4, 0.5) is 0 Å². The Hall–Kier alpha value is -1.35. The van der Waals surface area contributed by atoms with Crippen LogP contribution in [0.1, 0.15) is 59.3 Å². The van der Waals surface area contributed by atoms with Crippen LogP contribution in [0.2, 0.25) is 0 Å². The van der Waals surface area contributed by atoms with Gasteiger partial charge in [0, 0.05) is 31.2 Å². The molecule has 3 N–H and O–H groups in total. The van der Waals surface area contributed by atoms with E-state index in [9.17, 15) is 5.26 Å². The summed E-state index contributed by atoms with van der Waals surface area (Å²) in [6, 6.07) is 2.86. The van der Waals surface area contributed by atoms with Crippen molar-refractivity contribution < 1.29 is 0 Å². The number of nitrogens with two attached hydrogens (primary N) is 1. The Morgan fingerprint density at radius 2 is 2.04 bits per heavy atom. The highest BCUT2D eigenvalue weighted by Gasteiger charge is 2.96. The molecule has 0 aromatic heterocycles. The van der Waals surface area contributed by atoms with Crippen LogP contribution in [0.15, 0.2) is 23.4 Å². The number of hydrogen-bond acceptors (Lipinski definition) is 5. The Morgan fingerprint density at radius 3 is 2.57 bits per heavy atom. The van der Waals surface area contributed by atoms with E-state index in [0.29, 0.717) is 22.4 Å². The lowest BCUT2D eigenvalue weighted by molar-refractivity contribution is 0.0347. The molecule has 4 atom stereocenters. The molecule has 154 valence electrons. The molecule has 0 aromatic rings. The number of rotatable bonds is 8. The van der Waals surface area contributed by atoms with E-state index < -0.39 is 0 Å². The largest absolute Gasteiger partial charge is 0.347 e. The van der Waals surface area contributed by atoms with Crippen LogP contribution >= 0.6 is 0 Å². The van der Waals surface area contributed by atoms with E-state index in [0.717, 1.165) is 44.6 Å². The number of likely N-dealkylation sites (tertiary alicyclic amines) is 1. The van der Waals surface area contributed by atoms with E-state index in [-0.39, 0.29) is 6.17 Å². The number of hydrogen-bond donors (Lipinski definition) is 2. The summed E-state index contributed by atoms with van der Waals surface area (Å²) in [5.74, 6) is 0. The van der Waals surface area contributed by atoms with E-state index in [2.05, 4.69) is 55.1 Å². The first-order valence-corrected chi connectivity index (χ1v) is 11.1. The fourth-order valence-electron chi connectivity index (χ4n) is 6.32. The Labute approximate surface area is 170 Å². The fourth-order valence-corrected chi connectivity index (χ4v) is 6.32. The first kappa shape index (κ1) is 19.9. The normalized spacial score (nSPS) is 38.7. The predicted molar refractivity (Wildman–Crippen MR) is 113 cm³/mol. The summed E-state index contributed by atoms with van der Waals surface area (Å²) in [7, 11) is 2.12. The van der Waals surface area contributed by atoms with E-state index in [4.69, 9.17) is 5.73 Å². The maximum Gasteiger partial charge on any atom is 0.117 e. The second kappa shape index (κ2) is 6.86. The summed E-state index contributed by atoms with van der Waals surface area (Å²) in [5.41, 5.74) is 9.64. The zero-order valence-electron chi connectivity index (χ0n) is 18.1. The summed E-state index contributed by atoms with van der Waals surface area (Å²) in [5, 5.41) is 13.6. The number of nitrogens with one attached hydrogen (secondary N) is 1. The molecule has 1 saturated heterocycles. The Morgan fingerprint density at radius 1 is 1.32 bits per heavy atom. The Kier molecular flexibility index (Phi) is 4.89. The van der Waals surface area contributed by atoms with Gasteiger partial charge in [0.2, 0.25) is 0 Å². The van der Waals surface area contributed by atoms with Gasteiger partial charge in [-0.05, 0) is 76.3 Å². The highest BCUT2D eigenvalue weighted by molar-refractivity contribution is 5.49. The third-order valence-electron chi connectivity index (χ3n) is 8.58. The van der Waals surface area contributed by atoms with Crippen LogP contribution < -0.4 is 11.1 Å². The van der Waals surface area contributed by atoms with Gasteiger partial charge in [-0.25, -0.2) is 0 Å². The first-order chi connectivity index (χ1) is 13.4. The van der Waals surface area contributed by atoms with Gasteiger partial charge in [-0.2, -0.15) is 5.26 Å². The molecule has 5 nitrogen and oxygen atoms in total. The highest BCUT2D eigenvalue weighted by Crippen LogP contribution is 2.95. The molecule has 4 aliphatic rings. The third kappa shape index (κ3) is 2.84. The Balaban J connectivity index is 1.54. The van der Waals surface area contributed by atoms with Crippen LogP contribution in [-0.4, -0.2) is 54.2 Å². The van der Waals surface area contributed by atoms with Gasteiger partial charge in [0.25, 0.3) is 0 Å². The van der Waals surface area contributed by atoms with Crippen LogP contribution in [0, 0.1) is 22.2 Å². The van der Waals surface area contributed by atoms with Crippen molar-refractivity contribution in [3.8, 4) is 6.07 Å². The molecule has 5 heteroatoms. The second-order valence-corrected chi connectivity index (χ2v) is 9.89. The summed E-state index contributed by atoms with van der Waals surface area (Å²) >= 11 is 0. The average molecular weight is 384 g/mol. The maximum atomic E-state index is 10.0. The van der Waals surface area contributed by atoms with E-state index in [1.807, 2.05) is 6.08 Å². The third-order valence-corrected chi connectivity index (χ3v) is 8.58. The van der Waals surface area contributed by atoms with E-state index in [1.54, 1.807) is 0 Å². The summed E-state index contributed by atoms with van der Waals surface area (Å²) in [6.07, 6.45) is 11.5. The molecule has 0 radical (unpaired) electrons. The van der Waals surface area contributed by atoms with Crippen molar-refractivity contribution >= 4 is 0 Å². The SMILES string of the molecule is CC/C(C)=C/C=C(/C#N)N(CC12CC3(NC)CC13C2)C(C)N1CCC(N)CC1. The molecule has 1 spiro atoms. The molecule has 0 bridgehead atoms. The standard InChI is InChI=1S/C23H37N5/c1-5-17(2)6-7-20(12-24)28(18(3)27-10-8-19(25)9-11-27)16-21-13-22(21)15-23(22,14-21)26-4/h6-7,18-19,26H,5,8-11,13-16,25H2,1-4H3/b17-6+,20-7-. The number of nitriles is 1. The van der Waals surface area contributed by atoms with Gasteiger partial charge in [-0.15, -0.1) is 0 Å². The van der Waals surface area contributed by atoms with E-state index in [1.165, 1.54) is 24.8 Å². The molecule has 0 amide bonds. The lowest BCUT2D eigenvalue weighted by Crippen LogP contribution is -2.54. The minimum absolute atomic E-state index is 0.240. The average Bonchev–Trinajstić information content (AvgIpc) is 3.46. The fraction of sp³-hybridized carbons (Fsp3) is 0.783. The van der Waals surface area contributed by atoms with Gasteiger partial charge < -0.3 is 16.0 Å². The molecular formula is C23H37N5. The minimum atomic E-state index is 0.240. The number of nitrogens with zero attached hydrogens (tertiary/aromatic N) is 3. The molecule has 4 rings (SSSR count). The molecule has 4 fully saturated rings. The smallest absolute Gasteiger partial charge is 0.117 e. The highest BCUT2D eigenvalue weighted by atomic mass is 15.4. The molecule has 4 unspecified atom stereocenters. The van der Waals surface area contributed by atoms with Gasteiger partial charge in [-0.1, -0.05) is 18.6 Å². The molecule has 1 heterocycles. The summed E-state index contributed by atoms with van der Waals surface area (Å²) < 4.78 is 0. The zero-order chi connectivity index (χ0) is 20.2. The van der Waals surface area contributed by atoms with Crippen molar-refractivity contribution in [1.82, 2.24) is 15.1 Å².